The first-order chi connectivity index (χ1) is 14.8. The number of aryl methyl sites for hydroxylation is 1. The van der Waals surface area contributed by atoms with Crippen molar-refractivity contribution in [3.8, 4) is 5.75 Å². The van der Waals surface area contributed by atoms with Crippen molar-refractivity contribution in [3.05, 3.63) is 83.8 Å². The van der Waals surface area contributed by atoms with Crippen molar-refractivity contribution in [2.75, 3.05) is 13.7 Å². The Labute approximate surface area is 182 Å². The van der Waals surface area contributed by atoms with E-state index in [0.717, 1.165) is 15.4 Å². The molecular formula is C23H26N2O5S. The van der Waals surface area contributed by atoms with E-state index >= 15 is 0 Å². The Morgan fingerprint density at radius 2 is 1.81 bits per heavy atom. The highest BCUT2D eigenvalue weighted by atomic mass is 32.2. The SMILES string of the molecule is COc1ccccc1C(C)NC(=O)CN(Cc1ccco1)S(=O)(=O)c1ccc(C)cc1. The van der Waals surface area contributed by atoms with Gasteiger partial charge >= 0.3 is 0 Å². The highest BCUT2D eigenvalue weighted by Crippen LogP contribution is 2.24. The van der Waals surface area contributed by atoms with Gasteiger partial charge in [0.05, 0.1) is 37.4 Å². The number of para-hydroxylation sites is 1. The van der Waals surface area contributed by atoms with Crippen molar-refractivity contribution in [2.24, 2.45) is 0 Å². The van der Waals surface area contributed by atoms with E-state index in [1.165, 1.54) is 18.4 Å². The molecule has 0 spiro atoms. The molecule has 0 saturated carbocycles. The molecule has 3 aromatic rings. The van der Waals surface area contributed by atoms with Crippen molar-refractivity contribution in [1.82, 2.24) is 9.62 Å². The minimum Gasteiger partial charge on any atom is -0.496 e. The van der Waals surface area contributed by atoms with Crippen LogP contribution in [0.1, 0.15) is 29.9 Å². The minimum absolute atomic E-state index is 0.0559. The third-order valence-corrected chi connectivity index (χ3v) is 6.68. The second-order valence-corrected chi connectivity index (χ2v) is 9.13. The molecule has 2 aromatic carbocycles. The molecule has 164 valence electrons. The minimum atomic E-state index is -3.91. The van der Waals surface area contributed by atoms with Crippen LogP contribution in [0.25, 0.3) is 0 Å². The van der Waals surface area contributed by atoms with Crippen molar-refractivity contribution >= 4 is 15.9 Å². The fraction of sp³-hybridized carbons (Fsp3) is 0.261. The monoisotopic (exact) mass is 442 g/mol. The fourth-order valence-electron chi connectivity index (χ4n) is 3.21. The van der Waals surface area contributed by atoms with Gasteiger partial charge in [0.2, 0.25) is 15.9 Å². The lowest BCUT2D eigenvalue weighted by atomic mass is 10.1. The molecule has 0 bridgehead atoms. The van der Waals surface area contributed by atoms with Crippen LogP contribution in [-0.4, -0.2) is 32.3 Å². The predicted molar refractivity (Wildman–Crippen MR) is 117 cm³/mol. The highest BCUT2D eigenvalue weighted by molar-refractivity contribution is 7.89. The van der Waals surface area contributed by atoms with Gasteiger partial charge in [0.15, 0.2) is 0 Å². The molecule has 31 heavy (non-hydrogen) atoms. The summed E-state index contributed by atoms with van der Waals surface area (Å²) in [6.07, 6.45) is 1.47. The van der Waals surface area contributed by atoms with Crippen molar-refractivity contribution in [3.63, 3.8) is 0 Å². The Morgan fingerprint density at radius 3 is 2.45 bits per heavy atom. The van der Waals surface area contributed by atoms with Crippen molar-refractivity contribution in [1.29, 1.82) is 0 Å². The average molecular weight is 443 g/mol. The van der Waals surface area contributed by atoms with Crippen LogP contribution in [0.4, 0.5) is 0 Å². The molecule has 0 radical (unpaired) electrons. The number of nitrogens with one attached hydrogen (secondary N) is 1. The number of methoxy groups -OCH3 is 1. The van der Waals surface area contributed by atoms with Crippen LogP contribution in [0.5, 0.6) is 5.75 Å². The number of sulfonamides is 1. The first-order valence-electron chi connectivity index (χ1n) is 9.82. The van der Waals surface area contributed by atoms with Gasteiger partial charge in [-0.05, 0) is 44.2 Å². The number of benzene rings is 2. The second kappa shape index (κ2) is 9.80. The van der Waals surface area contributed by atoms with E-state index in [0.29, 0.717) is 11.5 Å². The molecule has 1 atom stereocenters. The molecule has 1 amide bonds. The molecule has 1 unspecified atom stereocenters. The van der Waals surface area contributed by atoms with E-state index in [1.54, 1.807) is 31.4 Å². The smallest absolute Gasteiger partial charge is 0.243 e. The molecule has 0 aliphatic heterocycles. The summed E-state index contributed by atoms with van der Waals surface area (Å²) in [5, 5.41) is 2.86. The third kappa shape index (κ3) is 5.53. The summed E-state index contributed by atoms with van der Waals surface area (Å²) in [7, 11) is -2.35. The number of furan rings is 1. The number of hydrogen-bond acceptors (Lipinski definition) is 5. The zero-order chi connectivity index (χ0) is 22.4. The Hall–Kier alpha value is -3.10. The van der Waals surface area contributed by atoms with E-state index in [-0.39, 0.29) is 24.0 Å². The number of hydrogen-bond donors (Lipinski definition) is 1. The molecule has 0 aliphatic carbocycles. The van der Waals surface area contributed by atoms with E-state index in [4.69, 9.17) is 9.15 Å². The number of carbonyl (C=O) groups is 1. The average Bonchev–Trinajstić information content (AvgIpc) is 3.26. The van der Waals surface area contributed by atoms with Gasteiger partial charge in [0.1, 0.15) is 11.5 Å². The topological polar surface area (TPSA) is 88.8 Å². The summed E-state index contributed by atoms with van der Waals surface area (Å²) in [6.45, 7) is 3.29. The molecule has 1 aromatic heterocycles. The van der Waals surface area contributed by atoms with E-state index < -0.39 is 15.9 Å². The quantitative estimate of drug-likeness (QED) is 0.546. The maximum atomic E-state index is 13.2. The number of carbonyl (C=O) groups excluding carboxylic acids is 1. The van der Waals surface area contributed by atoms with Gasteiger partial charge in [-0.3, -0.25) is 4.79 Å². The van der Waals surface area contributed by atoms with Crippen LogP contribution in [0.15, 0.2) is 76.2 Å². The lowest BCUT2D eigenvalue weighted by Gasteiger charge is -2.23. The van der Waals surface area contributed by atoms with Crippen LogP contribution < -0.4 is 10.1 Å². The highest BCUT2D eigenvalue weighted by Gasteiger charge is 2.28. The Balaban J connectivity index is 1.81. The first kappa shape index (κ1) is 22.6. The summed E-state index contributed by atoms with van der Waals surface area (Å²) in [5.74, 6) is 0.664. The second-order valence-electron chi connectivity index (χ2n) is 7.20. The van der Waals surface area contributed by atoms with Gasteiger partial charge in [-0.25, -0.2) is 8.42 Å². The largest absolute Gasteiger partial charge is 0.496 e. The summed E-state index contributed by atoms with van der Waals surface area (Å²) in [5.41, 5.74) is 1.75. The van der Waals surface area contributed by atoms with Crippen molar-refractivity contribution in [2.45, 2.75) is 31.3 Å². The summed E-state index contributed by atoms with van der Waals surface area (Å²) in [6, 6.07) is 16.9. The maximum absolute atomic E-state index is 13.2. The van der Waals surface area contributed by atoms with Crippen LogP contribution >= 0.6 is 0 Å². The number of rotatable bonds is 9. The Bertz CT molecular complexity index is 1110. The van der Waals surface area contributed by atoms with Gasteiger partial charge in [0, 0.05) is 5.56 Å². The molecule has 3 rings (SSSR count). The molecule has 0 saturated heterocycles. The lowest BCUT2D eigenvalue weighted by Crippen LogP contribution is -2.41. The van der Waals surface area contributed by atoms with Crippen LogP contribution in [0, 0.1) is 6.92 Å². The fourth-order valence-corrected chi connectivity index (χ4v) is 4.57. The van der Waals surface area contributed by atoms with Crippen molar-refractivity contribution < 1.29 is 22.4 Å². The summed E-state index contributed by atoms with van der Waals surface area (Å²) >= 11 is 0. The molecular weight excluding hydrogens is 416 g/mol. The van der Waals surface area contributed by atoms with Crippen LogP contribution in [0.3, 0.4) is 0 Å². The zero-order valence-corrected chi connectivity index (χ0v) is 18.6. The Morgan fingerprint density at radius 1 is 1.10 bits per heavy atom. The van der Waals surface area contributed by atoms with Gasteiger partial charge in [-0.1, -0.05) is 35.9 Å². The summed E-state index contributed by atoms with van der Waals surface area (Å²) in [4.78, 5) is 12.9. The standard InChI is InChI=1S/C23H26N2O5S/c1-17-10-12-20(13-11-17)31(27,28)25(15-19-7-6-14-30-19)16-23(26)24-18(2)21-8-4-5-9-22(21)29-3/h4-14,18H,15-16H2,1-3H3,(H,24,26). The third-order valence-electron chi connectivity index (χ3n) is 4.87. The molecule has 0 aliphatic rings. The number of amides is 1. The number of nitrogens with zero attached hydrogens (tertiary/aromatic N) is 1. The number of ether oxygens (including phenoxy) is 1. The van der Waals surface area contributed by atoms with E-state index in [1.807, 2.05) is 38.1 Å². The molecule has 7 nitrogen and oxygen atoms in total. The Kier molecular flexibility index (Phi) is 7.14. The van der Waals surface area contributed by atoms with Gasteiger partial charge in [-0.15, -0.1) is 0 Å². The van der Waals surface area contributed by atoms with Gasteiger partial charge in [-0.2, -0.15) is 4.31 Å². The maximum Gasteiger partial charge on any atom is 0.243 e. The normalized spacial score (nSPS) is 12.5. The van der Waals surface area contributed by atoms with E-state index in [2.05, 4.69) is 5.32 Å². The molecule has 8 heteroatoms. The first-order valence-corrected chi connectivity index (χ1v) is 11.3. The molecule has 0 fully saturated rings. The van der Waals surface area contributed by atoms with Crippen LogP contribution in [0.2, 0.25) is 0 Å². The van der Waals surface area contributed by atoms with Crippen LogP contribution in [-0.2, 0) is 21.4 Å². The summed E-state index contributed by atoms with van der Waals surface area (Å²) < 4.78 is 38.3. The molecule has 1 N–H and O–H groups in total. The lowest BCUT2D eigenvalue weighted by molar-refractivity contribution is -0.122. The predicted octanol–water partition coefficient (Wildman–Crippen LogP) is 3.66. The molecule has 1 heterocycles. The van der Waals surface area contributed by atoms with E-state index in [9.17, 15) is 13.2 Å². The zero-order valence-electron chi connectivity index (χ0n) is 17.7. The van der Waals surface area contributed by atoms with Gasteiger partial charge in [0.25, 0.3) is 0 Å². The van der Waals surface area contributed by atoms with Gasteiger partial charge < -0.3 is 14.5 Å².